The maximum absolute atomic E-state index is 5.80. The van der Waals surface area contributed by atoms with E-state index in [4.69, 9.17) is 11.6 Å². The lowest BCUT2D eigenvalue weighted by Crippen LogP contribution is -2.10. The van der Waals surface area contributed by atoms with Crippen molar-refractivity contribution in [3.05, 3.63) is 39.3 Å². The maximum atomic E-state index is 5.80. The standard InChI is InChI=1S/C13H16ClN3S/c1-9-4-5-10(6-12(9)17(2)3)15-7-11-8-16-13(14)18-11/h4-6,8,15H,7H2,1-3H3. The number of hydrogen-bond donors (Lipinski definition) is 1. The maximum Gasteiger partial charge on any atom is 0.183 e. The molecule has 0 saturated heterocycles. The molecular weight excluding hydrogens is 266 g/mol. The van der Waals surface area contributed by atoms with Crippen LogP contribution < -0.4 is 10.2 Å². The van der Waals surface area contributed by atoms with E-state index in [-0.39, 0.29) is 0 Å². The second-order valence-corrected chi connectivity index (χ2v) is 6.03. The van der Waals surface area contributed by atoms with E-state index in [1.807, 2.05) is 0 Å². The molecule has 0 amide bonds. The fourth-order valence-corrected chi connectivity index (χ4v) is 2.67. The quantitative estimate of drug-likeness (QED) is 0.924. The number of benzene rings is 1. The third-order valence-electron chi connectivity index (χ3n) is 2.68. The van der Waals surface area contributed by atoms with Crippen LogP contribution in [0.2, 0.25) is 4.47 Å². The molecular formula is C13H16ClN3S. The van der Waals surface area contributed by atoms with Crippen LogP contribution in [0.25, 0.3) is 0 Å². The lowest BCUT2D eigenvalue weighted by Gasteiger charge is -2.17. The summed E-state index contributed by atoms with van der Waals surface area (Å²) in [6.07, 6.45) is 1.81. The van der Waals surface area contributed by atoms with Crippen LogP contribution >= 0.6 is 22.9 Å². The number of nitrogens with zero attached hydrogens (tertiary/aromatic N) is 2. The summed E-state index contributed by atoms with van der Waals surface area (Å²) in [6.45, 7) is 2.86. The highest BCUT2D eigenvalue weighted by molar-refractivity contribution is 7.15. The van der Waals surface area contributed by atoms with Crippen LogP contribution in [-0.2, 0) is 6.54 Å². The Morgan fingerprint density at radius 1 is 1.39 bits per heavy atom. The second-order valence-electron chi connectivity index (χ2n) is 4.33. The summed E-state index contributed by atoms with van der Waals surface area (Å²) in [5.74, 6) is 0. The van der Waals surface area contributed by atoms with Gasteiger partial charge in [0.1, 0.15) is 0 Å². The van der Waals surface area contributed by atoms with Crippen LogP contribution in [0.4, 0.5) is 11.4 Å². The zero-order valence-electron chi connectivity index (χ0n) is 10.7. The molecule has 0 spiro atoms. The van der Waals surface area contributed by atoms with Gasteiger partial charge in [-0.3, -0.25) is 0 Å². The highest BCUT2D eigenvalue weighted by atomic mass is 35.5. The van der Waals surface area contributed by atoms with Crippen LogP contribution in [0.3, 0.4) is 0 Å². The third kappa shape index (κ3) is 3.15. The summed E-state index contributed by atoms with van der Waals surface area (Å²) in [5.41, 5.74) is 3.60. The van der Waals surface area contributed by atoms with E-state index in [2.05, 4.69) is 54.4 Å². The number of hydrogen-bond acceptors (Lipinski definition) is 4. The Morgan fingerprint density at radius 3 is 2.78 bits per heavy atom. The molecule has 0 bridgehead atoms. The molecule has 0 fully saturated rings. The van der Waals surface area contributed by atoms with Crippen LogP contribution in [-0.4, -0.2) is 19.1 Å². The van der Waals surface area contributed by atoms with E-state index in [1.54, 1.807) is 6.20 Å². The molecule has 96 valence electrons. The summed E-state index contributed by atoms with van der Waals surface area (Å²) < 4.78 is 0.588. The van der Waals surface area contributed by atoms with Gasteiger partial charge in [0.15, 0.2) is 4.47 Å². The number of nitrogens with one attached hydrogen (secondary N) is 1. The van der Waals surface area contributed by atoms with Crippen molar-refractivity contribution < 1.29 is 0 Å². The van der Waals surface area contributed by atoms with E-state index in [1.165, 1.54) is 22.6 Å². The van der Waals surface area contributed by atoms with Gasteiger partial charge in [0.25, 0.3) is 0 Å². The van der Waals surface area contributed by atoms with Crippen molar-refractivity contribution in [3.63, 3.8) is 0 Å². The molecule has 3 nitrogen and oxygen atoms in total. The number of aromatic nitrogens is 1. The molecule has 0 unspecified atom stereocenters. The minimum Gasteiger partial charge on any atom is -0.380 e. The zero-order chi connectivity index (χ0) is 13.1. The molecule has 5 heteroatoms. The zero-order valence-corrected chi connectivity index (χ0v) is 12.3. The van der Waals surface area contributed by atoms with E-state index in [9.17, 15) is 0 Å². The summed E-state index contributed by atoms with van der Waals surface area (Å²) in [7, 11) is 4.10. The minimum absolute atomic E-state index is 0.588. The van der Waals surface area contributed by atoms with Crippen LogP contribution in [0.1, 0.15) is 10.4 Å². The lowest BCUT2D eigenvalue weighted by atomic mass is 10.1. The largest absolute Gasteiger partial charge is 0.380 e. The summed E-state index contributed by atoms with van der Waals surface area (Å²) >= 11 is 7.30. The van der Waals surface area contributed by atoms with Crippen molar-refractivity contribution in [2.24, 2.45) is 0 Å². The number of aryl methyl sites for hydroxylation is 1. The Hall–Kier alpha value is -1.26. The lowest BCUT2D eigenvalue weighted by molar-refractivity contribution is 1.11. The molecule has 0 aliphatic heterocycles. The SMILES string of the molecule is Cc1ccc(NCc2cnc(Cl)s2)cc1N(C)C. The van der Waals surface area contributed by atoms with Gasteiger partial charge in [-0.05, 0) is 24.6 Å². The average Bonchev–Trinajstić information content (AvgIpc) is 2.74. The molecule has 0 aliphatic rings. The van der Waals surface area contributed by atoms with Crippen molar-refractivity contribution in [1.29, 1.82) is 0 Å². The van der Waals surface area contributed by atoms with Crippen molar-refractivity contribution in [3.8, 4) is 0 Å². The fourth-order valence-electron chi connectivity index (χ4n) is 1.76. The average molecular weight is 282 g/mol. The van der Waals surface area contributed by atoms with Gasteiger partial charge in [0, 0.05) is 36.5 Å². The molecule has 0 radical (unpaired) electrons. The number of halogens is 1. The first-order chi connectivity index (χ1) is 8.56. The van der Waals surface area contributed by atoms with Gasteiger partial charge in [-0.15, -0.1) is 11.3 Å². The molecule has 1 N–H and O–H groups in total. The van der Waals surface area contributed by atoms with E-state index >= 15 is 0 Å². The molecule has 0 saturated carbocycles. The van der Waals surface area contributed by atoms with E-state index < -0.39 is 0 Å². The van der Waals surface area contributed by atoms with Gasteiger partial charge in [-0.2, -0.15) is 0 Å². The summed E-state index contributed by atoms with van der Waals surface area (Å²) in [5, 5.41) is 3.38. The molecule has 1 heterocycles. The Labute approximate surface area is 116 Å². The number of rotatable bonds is 4. The molecule has 1 aromatic heterocycles. The van der Waals surface area contributed by atoms with E-state index in [0.717, 1.165) is 17.1 Å². The highest BCUT2D eigenvalue weighted by Crippen LogP contribution is 2.24. The predicted octanol–water partition coefficient (Wildman–Crippen LogP) is 3.78. The van der Waals surface area contributed by atoms with Gasteiger partial charge < -0.3 is 10.2 Å². The smallest absolute Gasteiger partial charge is 0.183 e. The Morgan fingerprint density at radius 2 is 2.17 bits per heavy atom. The molecule has 0 aliphatic carbocycles. The second kappa shape index (κ2) is 5.59. The van der Waals surface area contributed by atoms with Gasteiger partial charge in [0.05, 0.1) is 6.54 Å². The first kappa shape index (κ1) is 13.2. The highest BCUT2D eigenvalue weighted by Gasteiger charge is 2.03. The van der Waals surface area contributed by atoms with Crippen molar-refractivity contribution in [2.45, 2.75) is 13.5 Å². The van der Waals surface area contributed by atoms with Crippen LogP contribution in [0, 0.1) is 6.92 Å². The topological polar surface area (TPSA) is 28.2 Å². The minimum atomic E-state index is 0.588. The van der Waals surface area contributed by atoms with Crippen LogP contribution in [0.15, 0.2) is 24.4 Å². The molecule has 1 aromatic carbocycles. The first-order valence-electron chi connectivity index (χ1n) is 5.68. The van der Waals surface area contributed by atoms with Gasteiger partial charge >= 0.3 is 0 Å². The van der Waals surface area contributed by atoms with Gasteiger partial charge in [-0.1, -0.05) is 17.7 Å². The monoisotopic (exact) mass is 281 g/mol. The van der Waals surface area contributed by atoms with Crippen molar-refractivity contribution >= 4 is 34.3 Å². The summed E-state index contributed by atoms with van der Waals surface area (Å²) in [6, 6.07) is 6.36. The Kier molecular flexibility index (Phi) is 4.09. The fraction of sp³-hybridized carbons (Fsp3) is 0.308. The van der Waals surface area contributed by atoms with Crippen molar-refractivity contribution in [2.75, 3.05) is 24.3 Å². The normalized spacial score (nSPS) is 10.4. The summed E-state index contributed by atoms with van der Waals surface area (Å²) in [4.78, 5) is 7.27. The van der Waals surface area contributed by atoms with Crippen LogP contribution in [0.5, 0.6) is 0 Å². The Balaban J connectivity index is 2.08. The van der Waals surface area contributed by atoms with Gasteiger partial charge in [-0.25, -0.2) is 4.98 Å². The first-order valence-corrected chi connectivity index (χ1v) is 6.88. The third-order valence-corrected chi connectivity index (χ3v) is 3.80. The molecule has 0 atom stereocenters. The molecule has 2 aromatic rings. The molecule has 18 heavy (non-hydrogen) atoms. The Bertz CT molecular complexity index is 537. The number of thiazole rings is 1. The van der Waals surface area contributed by atoms with Crippen molar-refractivity contribution in [1.82, 2.24) is 4.98 Å². The predicted molar refractivity (Wildman–Crippen MR) is 80.0 cm³/mol. The number of anilines is 2. The van der Waals surface area contributed by atoms with Gasteiger partial charge in [0.2, 0.25) is 0 Å². The molecule has 2 rings (SSSR count). The van der Waals surface area contributed by atoms with E-state index in [0.29, 0.717) is 4.47 Å².